The maximum atomic E-state index is 13.1. The van der Waals surface area contributed by atoms with Crippen LogP contribution < -0.4 is 0 Å². The largest absolute Gasteiger partial charge is 0.474 e. The second-order valence-electron chi connectivity index (χ2n) is 4.81. The SMILES string of the molecule is CCOCCN(C(=O)C(=O)O)C(=C(C)C)c1ccc(F)cc1. The summed E-state index contributed by atoms with van der Waals surface area (Å²) in [5.74, 6) is -2.99. The van der Waals surface area contributed by atoms with Gasteiger partial charge in [-0.3, -0.25) is 9.69 Å². The molecule has 1 amide bonds. The Morgan fingerprint density at radius 3 is 2.27 bits per heavy atom. The molecule has 0 atom stereocenters. The second-order valence-corrected chi connectivity index (χ2v) is 4.81. The first-order chi connectivity index (χ1) is 10.4. The Morgan fingerprint density at radius 1 is 1.23 bits per heavy atom. The summed E-state index contributed by atoms with van der Waals surface area (Å²) < 4.78 is 18.3. The average Bonchev–Trinajstić information content (AvgIpc) is 2.47. The maximum absolute atomic E-state index is 13.1. The van der Waals surface area contributed by atoms with Gasteiger partial charge in [-0.25, -0.2) is 9.18 Å². The number of nitrogens with zero attached hydrogens (tertiary/aromatic N) is 1. The zero-order chi connectivity index (χ0) is 16.7. The minimum absolute atomic E-state index is 0.108. The molecule has 6 heteroatoms. The highest BCUT2D eigenvalue weighted by molar-refractivity contribution is 6.33. The van der Waals surface area contributed by atoms with Gasteiger partial charge in [-0.2, -0.15) is 0 Å². The van der Waals surface area contributed by atoms with Crippen molar-refractivity contribution in [3.05, 3.63) is 41.2 Å². The van der Waals surface area contributed by atoms with Crippen LogP contribution in [0.15, 0.2) is 29.8 Å². The van der Waals surface area contributed by atoms with Gasteiger partial charge in [0, 0.05) is 13.2 Å². The molecule has 0 heterocycles. The molecule has 0 aliphatic heterocycles. The van der Waals surface area contributed by atoms with E-state index in [9.17, 15) is 14.0 Å². The smallest absolute Gasteiger partial charge is 0.394 e. The van der Waals surface area contributed by atoms with Crippen LogP contribution in [-0.2, 0) is 14.3 Å². The number of hydrogen-bond donors (Lipinski definition) is 1. The number of carboxylic acids is 1. The fourth-order valence-corrected chi connectivity index (χ4v) is 2.05. The zero-order valence-corrected chi connectivity index (χ0v) is 12.9. The van der Waals surface area contributed by atoms with E-state index in [1.807, 2.05) is 6.92 Å². The van der Waals surface area contributed by atoms with Gasteiger partial charge in [0.25, 0.3) is 0 Å². The highest BCUT2D eigenvalue weighted by atomic mass is 19.1. The van der Waals surface area contributed by atoms with E-state index in [4.69, 9.17) is 9.84 Å². The van der Waals surface area contributed by atoms with Gasteiger partial charge in [0.1, 0.15) is 5.82 Å². The van der Waals surface area contributed by atoms with E-state index in [0.29, 0.717) is 17.9 Å². The summed E-state index contributed by atoms with van der Waals surface area (Å²) >= 11 is 0. The summed E-state index contributed by atoms with van der Waals surface area (Å²) in [7, 11) is 0. The number of carboxylic acid groups (broad SMARTS) is 1. The van der Waals surface area contributed by atoms with Crippen LogP contribution >= 0.6 is 0 Å². The average molecular weight is 309 g/mol. The Morgan fingerprint density at radius 2 is 1.82 bits per heavy atom. The molecule has 0 fully saturated rings. The molecule has 0 bridgehead atoms. The minimum atomic E-state index is -1.54. The van der Waals surface area contributed by atoms with Crippen molar-refractivity contribution in [2.45, 2.75) is 20.8 Å². The number of ether oxygens (including phenoxy) is 1. The second kappa shape index (κ2) is 8.29. The van der Waals surface area contributed by atoms with Gasteiger partial charge in [0.15, 0.2) is 0 Å². The quantitative estimate of drug-likeness (QED) is 0.648. The lowest BCUT2D eigenvalue weighted by molar-refractivity contribution is -0.154. The topological polar surface area (TPSA) is 66.8 Å². The van der Waals surface area contributed by atoms with Crippen molar-refractivity contribution in [1.29, 1.82) is 0 Å². The van der Waals surface area contributed by atoms with Crippen LogP contribution in [-0.4, -0.2) is 41.6 Å². The van der Waals surface area contributed by atoms with Crippen LogP contribution in [0.25, 0.3) is 5.70 Å². The van der Waals surface area contributed by atoms with Gasteiger partial charge in [0.2, 0.25) is 0 Å². The summed E-state index contributed by atoms with van der Waals surface area (Å²) in [6.45, 7) is 6.13. The lowest BCUT2D eigenvalue weighted by Crippen LogP contribution is -2.38. The normalized spacial score (nSPS) is 10.2. The van der Waals surface area contributed by atoms with Crippen molar-refractivity contribution in [1.82, 2.24) is 4.90 Å². The Hall–Kier alpha value is -2.21. The van der Waals surface area contributed by atoms with Gasteiger partial charge in [-0.05, 0) is 50.6 Å². The molecule has 22 heavy (non-hydrogen) atoms. The predicted octanol–water partition coefficient (Wildman–Crippen LogP) is 2.53. The zero-order valence-electron chi connectivity index (χ0n) is 12.9. The third-order valence-electron chi connectivity index (χ3n) is 2.95. The third-order valence-corrected chi connectivity index (χ3v) is 2.95. The number of aliphatic carboxylic acids is 1. The molecule has 1 aromatic carbocycles. The predicted molar refractivity (Wildman–Crippen MR) is 80.5 cm³/mol. The number of allylic oxidation sites excluding steroid dienone is 1. The number of rotatable bonds is 6. The molecular weight excluding hydrogens is 289 g/mol. The van der Waals surface area contributed by atoms with E-state index in [2.05, 4.69) is 0 Å². The van der Waals surface area contributed by atoms with E-state index < -0.39 is 17.7 Å². The lowest BCUT2D eigenvalue weighted by atomic mass is 10.1. The van der Waals surface area contributed by atoms with E-state index in [1.54, 1.807) is 13.8 Å². The summed E-state index contributed by atoms with van der Waals surface area (Å²) in [4.78, 5) is 24.2. The molecule has 0 unspecified atom stereocenters. The molecule has 0 spiro atoms. The molecule has 0 saturated heterocycles. The molecule has 1 rings (SSSR count). The first-order valence-corrected chi connectivity index (χ1v) is 6.94. The van der Waals surface area contributed by atoms with Crippen LogP contribution in [0.4, 0.5) is 4.39 Å². The number of carbonyl (C=O) groups excluding carboxylic acids is 1. The Bertz CT molecular complexity index is 562. The van der Waals surface area contributed by atoms with Crippen molar-refractivity contribution in [2.24, 2.45) is 0 Å². The van der Waals surface area contributed by atoms with E-state index in [-0.39, 0.29) is 13.2 Å². The summed E-state index contributed by atoms with van der Waals surface area (Å²) in [6, 6.07) is 5.56. The molecule has 0 radical (unpaired) electrons. The Balaban J connectivity index is 3.21. The van der Waals surface area contributed by atoms with Crippen molar-refractivity contribution in [3.8, 4) is 0 Å². The van der Waals surface area contributed by atoms with Crippen molar-refractivity contribution < 1.29 is 23.8 Å². The van der Waals surface area contributed by atoms with E-state index in [0.717, 1.165) is 10.5 Å². The first-order valence-electron chi connectivity index (χ1n) is 6.94. The lowest BCUT2D eigenvalue weighted by Gasteiger charge is -2.25. The number of amides is 1. The van der Waals surface area contributed by atoms with Crippen LogP contribution in [0.2, 0.25) is 0 Å². The van der Waals surface area contributed by atoms with Crippen LogP contribution in [0, 0.1) is 5.82 Å². The number of halogens is 1. The Labute approximate surface area is 129 Å². The molecule has 1 aromatic rings. The minimum Gasteiger partial charge on any atom is -0.474 e. The maximum Gasteiger partial charge on any atom is 0.394 e. The van der Waals surface area contributed by atoms with Crippen molar-refractivity contribution >= 4 is 17.6 Å². The van der Waals surface area contributed by atoms with Gasteiger partial charge < -0.3 is 9.84 Å². The highest BCUT2D eigenvalue weighted by Gasteiger charge is 2.25. The van der Waals surface area contributed by atoms with Gasteiger partial charge >= 0.3 is 11.9 Å². The van der Waals surface area contributed by atoms with Crippen LogP contribution in [0.1, 0.15) is 26.3 Å². The van der Waals surface area contributed by atoms with Gasteiger partial charge in [-0.1, -0.05) is 5.57 Å². The number of benzene rings is 1. The summed E-state index contributed by atoms with van der Waals surface area (Å²) in [5, 5.41) is 9.02. The standard InChI is InChI=1S/C16H20FNO4/c1-4-22-10-9-18(15(19)16(20)21)14(11(2)3)12-5-7-13(17)8-6-12/h5-8H,4,9-10H2,1-3H3,(H,20,21). The molecule has 120 valence electrons. The number of hydrogen-bond acceptors (Lipinski definition) is 3. The molecule has 0 aromatic heterocycles. The van der Waals surface area contributed by atoms with E-state index >= 15 is 0 Å². The fraction of sp³-hybridized carbons (Fsp3) is 0.375. The van der Waals surface area contributed by atoms with Crippen molar-refractivity contribution in [3.63, 3.8) is 0 Å². The molecule has 5 nitrogen and oxygen atoms in total. The molecular formula is C16H20FNO4. The first kappa shape index (κ1) is 17.8. The molecule has 0 saturated carbocycles. The van der Waals surface area contributed by atoms with E-state index in [1.165, 1.54) is 24.3 Å². The summed E-state index contributed by atoms with van der Waals surface area (Å²) in [6.07, 6.45) is 0. The third kappa shape index (κ3) is 4.66. The van der Waals surface area contributed by atoms with Crippen LogP contribution in [0.5, 0.6) is 0 Å². The summed E-state index contributed by atoms with van der Waals surface area (Å²) in [5.41, 5.74) is 1.78. The number of carbonyl (C=O) groups is 2. The Kier molecular flexibility index (Phi) is 6.72. The monoisotopic (exact) mass is 309 g/mol. The molecule has 0 aliphatic carbocycles. The molecule has 1 N–H and O–H groups in total. The highest BCUT2D eigenvalue weighted by Crippen LogP contribution is 2.23. The fourth-order valence-electron chi connectivity index (χ4n) is 2.05. The molecule has 0 aliphatic rings. The van der Waals surface area contributed by atoms with Crippen molar-refractivity contribution in [2.75, 3.05) is 19.8 Å². The van der Waals surface area contributed by atoms with Gasteiger partial charge in [-0.15, -0.1) is 0 Å². The van der Waals surface area contributed by atoms with Gasteiger partial charge in [0.05, 0.1) is 12.3 Å². The van der Waals surface area contributed by atoms with Crippen LogP contribution in [0.3, 0.4) is 0 Å².